The molecule has 0 amide bonds. The fraction of sp³-hybridized carbons (Fsp3) is 0. The predicted octanol–water partition coefficient (Wildman–Crippen LogP) is 5.21. The van der Waals surface area contributed by atoms with Gasteiger partial charge in [0, 0.05) is 25.6 Å². The minimum atomic E-state index is -0.629. The first kappa shape index (κ1) is 17.8. The summed E-state index contributed by atoms with van der Waals surface area (Å²) in [6.07, 6.45) is 0. The van der Waals surface area contributed by atoms with Gasteiger partial charge in [0.1, 0.15) is 5.75 Å². The zero-order chi connectivity index (χ0) is 19.1. The quantitative estimate of drug-likeness (QED) is 0.289. The molecule has 0 unspecified atom stereocenters. The minimum absolute atomic E-state index is 0.0669. The molecule has 0 aromatic heterocycles. The molecule has 0 atom stereocenters. The second kappa shape index (κ2) is 6.87. The Bertz CT molecular complexity index is 1130. The van der Waals surface area contributed by atoms with Crippen LogP contribution >= 0.6 is 31.9 Å². The third-order valence-electron chi connectivity index (χ3n) is 4.27. The standard InChI is InChI=1S/C21H10Br2O4/c22-11-8-9-16(23)15(10-11)21(26)27-17-7-3-6-14-18(17)20(25)13-5-2-1-4-12(13)19(14)24/h1-10H. The van der Waals surface area contributed by atoms with Crippen molar-refractivity contribution in [2.75, 3.05) is 0 Å². The van der Waals surface area contributed by atoms with Crippen molar-refractivity contribution in [2.45, 2.75) is 0 Å². The molecule has 3 aromatic rings. The molecule has 0 bridgehead atoms. The van der Waals surface area contributed by atoms with Gasteiger partial charge in [-0.2, -0.15) is 0 Å². The van der Waals surface area contributed by atoms with Crippen molar-refractivity contribution in [2.24, 2.45) is 0 Å². The van der Waals surface area contributed by atoms with Gasteiger partial charge in [-0.05, 0) is 40.2 Å². The second-order valence-electron chi connectivity index (χ2n) is 5.90. The number of benzene rings is 3. The predicted molar refractivity (Wildman–Crippen MR) is 107 cm³/mol. The maximum Gasteiger partial charge on any atom is 0.344 e. The van der Waals surface area contributed by atoms with E-state index in [2.05, 4.69) is 31.9 Å². The van der Waals surface area contributed by atoms with Crippen LogP contribution in [0, 0.1) is 0 Å². The molecule has 0 aliphatic heterocycles. The summed E-state index contributed by atoms with van der Waals surface area (Å²) in [6, 6.07) is 16.4. The number of carbonyl (C=O) groups is 3. The highest BCUT2D eigenvalue weighted by Crippen LogP contribution is 2.34. The van der Waals surface area contributed by atoms with Gasteiger partial charge in [-0.25, -0.2) is 4.79 Å². The molecule has 4 rings (SSSR count). The highest BCUT2D eigenvalue weighted by Gasteiger charge is 2.32. The van der Waals surface area contributed by atoms with Crippen molar-refractivity contribution >= 4 is 49.4 Å². The van der Waals surface area contributed by atoms with Gasteiger partial charge in [-0.3, -0.25) is 9.59 Å². The van der Waals surface area contributed by atoms with Crippen molar-refractivity contribution < 1.29 is 19.1 Å². The topological polar surface area (TPSA) is 60.4 Å². The van der Waals surface area contributed by atoms with E-state index in [0.717, 1.165) is 0 Å². The fourth-order valence-corrected chi connectivity index (χ4v) is 3.78. The summed E-state index contributed by atoms with van der Waals surface area (Å²) in [5, 5.41) is 0. The number of carbonyl (C=O) groups excluding carboxylic acids is 3. The summed E-state index contributed by atoms with van der Waals surface area (Å²) in [7, 11) is 0. The van der Waals surface area contributed by atoms with Crippen LogP contribution in [-0.2, 0) is 0 Å². The van der Waals surface area contributed by atoms with Gasteiger partial charge in [0.25, 0.3) is 0 Å². The Morgan fingerprint density at radius 1 is 0.778 bits per heavy atom. The molecular formula is C21H10Br2O4. The lowest BCUT2D eigenvalue weighted by Gasteiger charge is -2.19. The number of ether oxygens (including phenoxy) is 1. The Morgan fingerprint density at radius 2 is 1.44 bits per heavy atom. The van der Waals surface area contributed by atoms with Crippen LogP contribution in [0.3, 0.4) is 0 Å². The summed E-state index contributed by atoms with van der Waals surface area (Å²) >= 11 is 6.64. The van der Waals surface area contributed by atoms with Crippen LogP contribution in [0.15, 0.2) is 69.6 Å². The number of ketones is 2. The SMILES string of the molecule is O=C(Oc1cccc2c1C(=O)c1ccccc1C2=O)c1cc(Br)ccc1Br. The average molecular weight is 486 g/mol. The van der Waals surface area contributed by atoms with Crippen molar-refractivity contribution in [1.82, 2.24) is 0 Å². The monoisotopic (exact) mass is 484 g/mol. The average Bonchev–Trinajstić information content (AvgIpc) is 2.68. The normalized spacial score (nSPS) is 12.4. The minimum Gasteiger partial charge on any atom is -0.422 e. The molecular weight excluding hydrogens is 476 g/mol. The Morgan fingerprint density at radius 3 is 2.19 bits per heavy atom. The van der Waals surface area contributed by atoms with E-state index in [1.54, 1.807) is 54.6 Å². The maximum atomic E-state index is 13.0. The molecule has 0 N–H and O–H groups in total. The lowest BCUT2D eigenvalue weighted by molar-refractivity contribution is 0.0730. The Labute approximate surface area is 171 Å². The summed E-state index contributed by atoms with van der Waals surface area (Å²) in [5.74, 6) is -1.16. The molecule has 1 aliphatic carbocycles. The highest BCUT2D eigenvalue weighted by atomic mass is 79.9. The third-order valence-corrected chi connectivity index (χ3v) is 5.45. The van der Waals surface area contributed by atoms with Crippen molar-refractivity contribution in [3.05, 3.63) is 97.4 Å². The van der Waals surface area contributed by atoms with Crippen LogP contribution in [0.1, 0.15) is 42.2 Å². The summed E-state index contributed by atoms with van der Waals surface area (Å²) in [4.78, 5) is 38.3. The smallest absolute Gasteiger partial charge is 0.344 e. The Kier molecular flexibility index (Phi) is 4.53. The molecule has 0 saturated heterocycles. The van der Waals surface area contributed by atoms with Crippen LogP contribution < -0.4 is 4.74 Å². The van der Waals surface area contributed by atoms with E-state index in [0.29, 0.717) is 25.6 Å². The molecule has 0 spiro atoms. The largest absolute Gasteiger partial charge is 0.422 e. The van der Waals surface area contributed by atoms with E-state index in [1.807, 2.05) is 0 Å². The highest BCUT2D eigenvalue weighted by molar-refractivity contribution is 9.11. The van der Waals surface area contributed by atoms with Crippen molar-refractivity contribution in [3.63, 3.8) is 0 Å². The molecule has 0 radical (unpaired) electrons. The van der Waals surface area contributed by atoms with Gasteiger partial charge in [-0.1, -0.05) is 52.3 Å². The molecule has 4 nitrogen and oxygen atoms in total. The van der Waals surface area contributed by atoms with Gasteiger partial charge >= 0.3 is 5.97 Å². The van der Waals surface area contributed by atoms with Crippen LogP contribution in [0.4, 0.5) is 0 Å². The van der Waals surface area contributed by atoms with Crippen LogP contribution in [0.2, 0.25) is 0 Å². The van der Waals surface area contributed by atoms with Crippen LogP contribution in [0.25, 0.3) is 0 Å². The molecule has 0 fully saturated rings. The molecule has 0 heterocycles. The van der Waals surface area contributed by atoms with E-state index in [-0.39, 0.29) is 28.4 Å². The van der Waals surface area contributed by atoms with Gasteiger partial charge in [0.15, 0.2) is 11.6 Å². The molecule has 27 heavy (non-hydrogen) atoms. The third kappa shape index (κ3) is 3.05. The summed E-state index contributed by atoms with van der Waals surface area (Å²) in [6.45, 7) is 0. The Balaban J connectivity index is 1.79. The molecule has 6 heteroatoms. The van der Waals surface area contributed by atoms with Crippen LogP contribution in [-0.4, -0.2) is 17.5 Å². The number of fused-ring (bicyclic) bond motifs is 2. The number of rotatable bonds is 2. The maximum absolute atomic E-state index is 13.0. The van der Waals surface area contributed by atoms with Gasteiger partial charge in [0.05, 0.1) is 11.1 Å². The molecule has 132 valence electrons. The molecule has 0 saturated carbocycles. The Hall–Kier alpha value is -2.57. The fourth-order valence-electron chi connectivity index (χ4n) is 3.01. The van der Waals surface area contributed by atoms with E-state index in [9.17, 15) is 14.4 Å². The van der Waals surface area contributed by atoms with Crippen molar-refractivity contribution in [3.8, 4) is 5.75 Å². The van der Waals surface area contributed by atoms with Crippen molar-refractivity contribution in [1.29, 1.82) is 0 Å². The zero-order valence-corrected chi connectivity index (χ0v) is 16.8. The van der Waals surface area contributed by atoms with Gasteiger partial charge in [-0.15, -0.1) is 0 Å². The summed E-state index contributed by atoms with van der Waals surface area (Å²) < 4.78 is 6.78. The lowest BCUT2D eigenvalue weighted by Crippen LogP contribution is -2.22. The van der Waals surface area contributed by atoms with Gasteiger partial charge in [0.2, 0.25) is 0 Å². The first-order valence-corrected chi connectivity index (χ1v) is 9.54. The van der Waals surface area contributed by atoms with Crippen LogP contribution in [0.5, 0.6) is 5.75 Å². The first-order valence-electron chi connectivity index (χ1n) is 7.96. The zero-order valence-electron chi connectivity index (χ0n) is 13.7. The van der Waals surface area contributed by atoms with E-state index < -0.39 is 5.97 Å². The van der Waals surface area contributed by atoms with Gasteiger partial charge < -0.3 is 4.74 Å². The van der Waals surface area contributed by atoms with E-state index >= 15 is 0 Å². The number of hydrogen-bond acceptors (Lipinski definition) is 4. The molecule has 1 aliphatic rings. The second-order valence-corrected chi connectivity index (χ2v) is 7.67. The number of esters is 1. The first-order chi connectivity index (χ1) is 13.0. The number of hydrogen-bond donors (Lipinski definition) is 0. The van der Waals surface area contributed by atoms with E-state index in [1.165, 1.54) is 6.07 Å². The number of halogens is 2. The lowest BCUT2D eigenvalue weighted by atomic mass is 9.83. The molecule has 3 aromatic carbocycles. The summed E-state index contributed by atoms with van der Waals surface area (Å²) in [5.41, 5.74) is 1.31. The van der Waals surface area contributed by atoms with E-state index in [4.69, 9.17) is 4.74 Å².